The summed E-state index contributed by atoms with van der Waals surface area (Å²) in [7, 11) is 0. The highest BCUT2D eigenvalue weighted by Crippen LogP contribution is 2.41. The number of hydrogen-bond donors (Lipinski definition) is 3. The Bertz CT molecular complexity index is 391. The standard InChI is InChI=1S/C17H29F2NO3/c18-17(19,16(23)10-5-2-6-11-16)15(22)20-14(9-12-21)13-7-3-1-4-8-13/h13-14,21,23H,1-12H2,(H,20,22)/t14-/m0/s1. The molecule has 3 N–H and O–H groups in total. The highest BCUT2D eigenvalue weighted by atomic mass is 19.3. The lowest BCUT2D eigenvalue weighted by atomic mass is 9.79. The number of aliphatic hydroxyl groups is 2. The lowest BCUT2D eigenvalue weighted by Crippen LogP contribution is -2.60. The molecule has 2 saturated carbocycles. The monoisotopic (exact) mass is 333 g/mol. The molecule has 0 aromatic carbocycles. The average molecular weight is 333 g/mol. The van der Waals surface area contributed by atoms with Crippen LogP contribution in [0, 0.1) is 5.92 Å². The number of carbonyl (C=O) groups excluding carboxylic acids is 1. The third-order valence-corrected chi connectivity index (χ3v) is 5.53. The van der Waals surface area contributed by atoms with Gasteiger partial charge in [0.1, 0.15) is 5.60 Å². The zero-order valence-corrected chi connectivity index (χ0v) is 13.7. The van der Waals surface area contributed by atoms with Gasteiger partial charge in [0.15, 0.2) is 0 Å². The molecule has 0 spiro atoms. The van der Waals surface area contributed by atoms with E-state index >= 15 is 0 Å². The number of alkyl halides is 2. The first-order chi connectivity index (χ1) is 10.9. The molecule has 23 heavy (non-hydrogen) atoms. The van der Waals surface area contributed by atoms with E-state index in [0.717, 1.165) is 38.5 Å². The highest BCUT2D eigenvalue weighted by Gasteiger charge is 2.58. The van der Waals surface area contributed by atoms with Gasteiger partial charge in [0, 0.05) is 12.6 Å². The molecule has 4 nitrogen and oxygen atoms in total. The Hall–Kier alpha value is -0.750. The Morgan fingerprint density at radius 1 is 1.13 bits per heavy atom. The van der Waals surface area contributed by atoms with Gasteiger partial charge in [-0.05, 0) is 38.0 Å². The van der Waals surface area contributed by atoms with Crippen LogP contribution in [0.5, 0.6) is 0 Å². The summed E-state index contributed by atoms with van der Waals surface area (Å²) < 4.78 is 29.1. The van der Waals surface area contributed by atoms with Gasteiger partial charge in [0.25, 0.3) is 5.91 Å². The molecule has 0 unspecified atom stereocenters. The Morgan fingerprint density at radius 2 is 1.70 bits per heavy atom. The zero-order valence-electron chi connectivity index (χ0n) is 13.7. The van der Waals surface area contributed by atoms with Crippen molar-refractivity contribution in [2.75, 3.05) is 6.61 Å². The maximum atomic E-state index is 14.5. The minimum atomic E-state index is -3.78. The molecule has 0 radical (unpaired) electrons. The van der Waals surface area contributed by atoms with E-state index in [1.165, 1.54) is 0 Å². The van der Waals surface area contributed by atoms with Gasteiger partial charge in [0.05, 0.1) is 0 Å². The molecule has 2 fully saturated rings. The Morgan fingerprint density at radius 3 is 2.26 bits per heavy atom. The zero-order chi connectivity index (χ0) is 16.9. The smallest absolute Gasteiger partial charge is 0.352 e. The van der Waals surface area contributed by atoms with Crippen molar-refractivity contribution >= 4 is 5.91 Å². The summed E-state index contributed by atoms with van der Waals surface area (Å²) in [5.74, 6) is -5.03. The lowest BCUT2D eigenvalue weighted by molar-refractivity contribution is -0.202. The molecule has 1 atom stereocenters. The molecule has 1 amide bonds. The second-order valence-corrected chi connectivity index (χ2v) is 7.16. The van der Waals surface area contributed by atoms with Crippen molar-refractivity contribution in [3.63, 3.8) is 0 Å². The largest absolute Gasteiger partial charge is 0.396 e. The quantitative estimate of drug-likeness (QED) is 0.700. The second-order valence-electron chi connectivity index (χ2n) is 7.16. The van der Waals surface area contributed by atoms with E-state index in [-0.39, 0.29) is 31.8 Å². The van der Waals surface area contributed by atoms with E-state index in [1.807, 2.05) is 0 Å². The molecule has 0 aliphatic heterocycles. The number of aliphatic hydroxyl groups excluding tert-OH is 1. The number of rotatable bonds is 6. The number of carbonyl (C=O) groups is 1. The topological polar surface area (TPSA) is 69.6 Å². The summed E-state index contributed by atoms with van der Waals surface area (Å²) in [4.78, 5) is 12.2. The predicted molar refractivity (Wildman–Crippen MR) is 83.2 cm³/mol. The molecule has 2 aliphatic rings. The third-order valence-electron chi connectivity index (χ3n) is 5.53. The minimum Gasteiger partial charge on any atom is -0.396 e. The Kier molecular flexibility index (Phi) is 6.37. The highest BCUT2D eigenvalue weighted by molar-refractivity contribution is 5.85. The van der Waals surface area contributed by atoms with Crippen molar-refractivity contribution in [3.05, 3.63) is 0 Å². The van der Waals surface area contributed by atoms with Gasteiger partial charge >= 0.3 is 5.92 Å². The molecule has 0 bridgehead atoms. The molecular weight excluding hydrogens is 304 g/mol. The molecule has 2 rings (SSSR count). The van der Waals surface area contributed by atoms with E-state index in [0.29, 0.717) is 12.8 Å². The summed E-state index contributed by atoms with van der Waals surface area (Å²) in [6.45, 7) is -0.142. The molecule has 6 heteroatoms. The number of halogens is 2. The fourth-order valence-corrected chi connectivity index (χ4v) is 4.02. The number of nitrogens with one attached hydrogen (secondary N) is 1. The van der Waals surface area contributed by atoms with Crippen LogP contribution in [0.2, 0.25) is 0 Å². The predicted octanol–water partition coefficient (Wildman–Crippen LogP) is 2.76. The van der Waals surface area contributed by atoms with Gasteiger partial charge in [-0.15, -0.1) is 0 Å². The van der Waals surface area contributed by atoms with Crippen molar-refractivity contribution in [1.82, 2.24) is 5.32 Å². The fourth-order valence-electron chi connectivity index (χ4n) is 4.02. The van der Waals surface area contributed by atoms with Crippen molar-refractivity contribution in [2.45, 2.75) is 88.2 Å². The van der Waals surface area contributed by atoms with Crippen LogP contribution in [0.25, 0.3) is 0 Å². The van der Waals surface area contributed by atoms with Gasteiger partial charge in [-0.25, -0.2) is 0 Å². The van der Waals surface area contributed by atoms with Gasteiger partial charge < -0.3 is 15.5 Å². The first kappa shape index (κ1) is 18.6. The SMILES string of the molecule is O=C(N[C@@H](CCO)C1CCCCC1)C(F)(F)C1(O)CCCCC1. The molecular formula is C17H29F2NO3. The summed E-state index contributed by atoms with van der Waals surface area (Å²) >= 11 is 0. The van der Waals surface area contributed by atoms with E-state index in [9.17, 15) is 23.8 Å². The van der Waals surface area contributed by atoms with E-state index in [1.54, 1.807) is 0 Å². The Labute approximate surface area is 136 Å². The summed E-state index contributed by atoms with van der Waals surface area (Å²) in [6.07, 6.45) is 7.02. The minimum absolute atomic E-state index is 0.0402. The maximum absolute atomic E-state index is 14.5. The summed E-state index contributed by atoms with van der Waals surface area (Å²) in [5, 5.41) is 21.9. The van der Waals surface area contributed by atoms with Crippen molar-refractivity contribution in [1.29, 1.82) is 0 Å². The van der Waals surface area contributed by atoms with Crippen molar-refractivity contribution < 1.29 is 23.8 Å². The molecule has 0 heterocycles. The lowest BCUT2D eigenvalue weighted by Gasteiger charge is -2.39. The van der Waals surface area contributed by atoms with Crippen molar-refractivity contribution in [3.8, 4) is 0 Å². The fraction of sp³-hybridized carbons (Fsp3) is 0.941. The van der Waals surface area contributed by atoms with Crippen LogP contribution in [0.1, 0.15) is 70.6 Å². The van der Waals surface area contributed by atoms with Crippen LogP contribution >= 0.6 is 0 Å². The van der Waals surface area contributed by atoms with E-state index in [2.05, 4.69) is 5.32 Å². The average Bonchev–Trinajstić information content (AvgIpc) is 2.55. The van der Waals surface area contributed by atoms with Crippen molar-refractivity contribution in [2.24, 2.45) is 5.92 Å². The second kappa shape index (κ2) is 7.88. The third kappa shape index (κ3) is 4.21. The first-order valence-corrected chi connectivity index (χ1v) is 8.93. The van der Waals surface area contributed by atoms with Crippen LogP contribution in [0.4, 0.5) is 8.78 Å². The summed E-state index contributed by atoms with van der Waals surface area (Å²) in [6, 6.07) is -0.439. The maximum Gasteiger partial charge on any atom is 0.352 e. The van der Waals surface area contributed by atoms with Gasteiger partial charge in [0.2, 0.25) is 0 Å². The van der Waals surface area contributed by atoms with Gasteiger partial charge in [-0.3, -0.25) is 4.79 Å². The number of amides is 1. The molecule has 134 valence electrons. The summed E-state index contributed by atoms with van der Waals surface area (Å²) in [5.41, 5.74) is -2.23. The molecule has 0 aromatic rings. The van der Waals surface area contributed by atoms with Crippen LogP contribution < -0.4 is 5.32 Å². The van der Waals surface area contributed by atoms with E-state index in [4.69, 9.17) is 0 Å². The van der Waals surface area contributed by atoms with E-state index < -0.39 is 23.5 Å². The van der Waals surface area contributed by atoms with Crippen LogP contribution in [0.15, 0.2) is 0 Å². The van der Waals surface area contributed by atoms with Crippen LogP contribution in [-0.4, -0.2) is 40.3 Å². The van der Waals surface area contributed by atoms with Gasteiger partial charge in [-0.1, -0.05) is 38.5 Å². The molecule has 0 aromatic heterocycles. The normalized spacial score (nSPS) is 24.2. The molecule has 2 aliphatic carbocycles. The van der Waals surface area contributed by atoms with Gasteiger partial charge in [-0.2, -0.15) is 8.78 Å². The molecule has 0 saturated heterocycles. The van der Waals surface area contributed by atoms with Crippen LogP contribution in [0.3, 0.4) is 0 Å². The first-order valence-electron chi connectivity index (χ1n) is 8.93. The Balaban J connectivity index is 2.04. The van der Waals surface area contributed by atoms with Crippen LogP contribution in [-0.2, 0) is 4.79 Å². The number of hydrogen-bond acceptors (Lipinski definition) is 3.